The van der Waals surface area contributed by atoms with Crippen LogP contribution >= 0.6 is 11.8 Å². The van der Waals surface area contributed by atoms with Gasteiger partial charge in [0.1, 0.15) is 12.6 Å². The summed E-state index contributed by atoms with van der Waals surface area (Å²) in [4.78, 5) is 38.7. The van der Waals surface area contributed by atoms with Crippen LogP contribution in [0.2, 0.25) is 0 Å². The number of hydrogen-bond acceptors (Lipinski definition) is 7. The Morgan fingerprint density at radius 3 is 2.72 bits per heavy atom. The summed E-state index contributed by atoms with van der Waals surface area (Å²) in [7, 11) is 1.46. The molecule has 3 rings (SSSR count). The molecular formula is C23H21N3O5S. The van der Waals surface area contributed by atoms with Crippen molar-refractivity contribution in [1.29, 1.82) is 5.26 Å². The third-order valence-electron chi connectivity index (χ3n) is 4.83. The second-order valence-corrected chi connectivity index (χ2v) is 7.91. The van der Waals surface area contributed by atoms with Gasteiger partial charge in [-0.05, 0) is 66.6 Å². The normalized spacial score (nSPS) is 14.4. The Morgan fingerprint density at radius 2 is 2.00 bits per heavy atom. The van der Waals surface area contributed by atoms with Gasteiger partial charge in [-0.25, -0.2) is 0 Å². The summed E-state index contributed by atoms with van der Waals surface area (Å²) >= 11 is 0.765. The first-order valence-corrected chi connectivity index (χ1v) is 10.4. The predicted molar refractivity (Wildman–Crippen MR) is 121 cm³/mol. The first kappa shape index (κ1) is 22.9. The van der Waals surface area contributed by atoms with Gasteiger partial charge in [0, 0.05) is 5.69 Å². The van der Waals surface area contributed by atoms with E-state index in [0.717, 1.165) is 27.8 Å². The van der Waals surface area contributed by atoms with Crippen LogP contribution in [-0.4, -0.2) is 42.2 Å². The van der Waals surface area contributed by atoms with E-state index in [4.69, 9.17) is 14.7 Å². The Balaban J connectivity index is 1.73. The number of carbonyl (C=O) groups excluding carboxylic acids is 3. The quantitative estimate of drug-likeness (QED) is 0.636. The largest absolute Gasteiger partial charge is 0.493 e. The van der Waals surface area contributed by atoms with E-state index in [2.05, 4.69) is 5.32 Å². The molecule has 2 aromatic rings. The molecule has 0 atom stereocenters. The zero-order valence-corrected chi connectivity index (χ0v) is 18.6. The number of methoxy groups -OCH3 is 1. The molecule has 1 heterocycles. The van der Waals surface area contributed by atoms with Crippen LogP contribution in [0.4, 0.5) is 10.5 Å². The molecule has 0 unspecified atom stereocenters. The minimum Gasteiger partial charge on any atom is -0.493 e. The highest BCUT2D eigenvalue weighted by Gasteiger charge is 2.36. The van der Waals surface area contributed by atoms with Crippen LogP contribution in [-0.2, 0) is 9.59 Å². The lowest BCUT2D eigenvalue weighted by molar-refractivity contribution is -0.127. The van der Waals surface area contributed by atoms with Gasteiger partial charge in [-0.1, -0.05) is 18.2 Å². The Kier molecular flexibility index (Phi) is 7.18. The summed E-state index contributed by atoms with van der Waals surface area (Å²) in [6, 6.07) is 12.3. The maximum atomic E-state index is 12.7. The minimum absolute atomic E-state index is 0.126. The highest BCUT2D eigenvalue weighted by atomic mass is 32.2. The Bertz CT molecular complexity index is 1150. The number of imide groups is 1. The van der Waals surface area contributed by atoms with Gasteiger partial charge in [0.2, 0.25) is 5.91 Å². The van der Waals surface area contributed by atoms with Gasteiger partial charge in [-0.3, -0.25) is 19.3 Å². The van der Waals surface area contributed by atoms with Gasteiger partial charge < -0.3 is 14.8 Å². The molecule has 8 nitrogen and oxygen atoms in total. The second-order valence-electron chi connectivity index (χ2n) is 6.92. The van der Waals surface area contributed by atoms with Crippen LogP contribution in [0.15, 0.2) is 41.3 Å². The van der Waals surface area contributed by atoms with Crippen LogP contribution in [0.1, 0.15) is 16.7 Å². The highest BCUT2D eigenvalue weighted by molar-refractivity contribution is 8.18. The van der Waals surface area contributed by atoms with Crippen molar-refractivity contribution in [2.45, 2.75) is 13.8 Å². The third-order valence-corrected chi connectivity index (χ3v) is 5.74. The average Bonchev–Trinajstić information content (AvgIpc) is 3.03. The van der Waals surface area contributed by atoms with E-state index in [0.29, 0.717) is 22.7 Å². The van der Waals surface area contributed by atoms with E-state index in [-0.39, 0.29) is 18.1 Å². The number of anilines is 1. The Hall–Kier alpha value is -3.77. The van der Waals surface area contributed by atoms with E-state index in [9.17, 15) is 14.4 Å². The fourth-order valence-electron chi connectivity index (χ4n) is 3.01. The summed E-state index contributed by atoms with van der Waals surface area (Å²) in [6.45, 7) is 3.32. The lowest BCUT2D eigenvalue weighted by Gasteiger charge is -2.14. The van der Waals surface area contributed by atoms with Crippen molar-refractivity contribution in [3.8, 4) is 17.6 Å². The number of benzene rings is 2. The van der Waals surface area contributed by atoms with Crippen LogP contribution in [0, 0.1) is 25.2 Å². The lowest BCUT2D eigenvalue weighted by atomic mass is 10.1. The van der Waals surface area contributed by atoms with Gasteiger partial charge in [0.05, 0.1) is 12.0 Å². The monoisotopic (exact) mass is 451 g/mol. The average molecular weight is 452 g/mol. The number of nitriles is 1. The molecule has 32 heavy (non-hydrogen) atoms. The second kappa shape index (κ2) is 10.0. The highest BCUT2D eigenvalue weighted by Crippen LogP contribution is 2.34. The number of nitrogens with one attached hydrogen (secondary N) is 1. The van der Waals surface area contributed by atoms with E-state index in [1.54, 1.807) is 30.3 Å². The van der Waals surface area contributed by atoms with Crippen molar-refractivity contribution < 1.29 is 23.9 Å². The summed E-state index contributed by atoms with van der Waals surface area (Å²) in [6.07, 6.45) is 1.55. The van der Waals surface area contributed by atoms with Crippen LogP contribution in [0.3, 0.4) is 0 Å². The van der Waals surface area contributed by atoms with E-state index < -0.39 is 17.1 Å². The first-order chi connectivity index (χ1) is 15.3. The van der Waals surface area contributed by atoms with Crippen molar-refractivity contribution >= 4 is 40.6 Å². The maximum Gasteiger partial charge on any atom is 0.294 e. The Morgan fingerprint density at radius 1 is 1.22 bits per heavy atom. The molecule has 164 valence electrons. The SMILES string of the molecule is COc1cc(/C=C2\SC(=O)N(CC(=O)Nc3cccc(C)c3C)C2=O)ccc1OCC#N. The third kappa shape index (κ3) is 5.10. The van der Waals surface area contributed by atoms with Crippen molar-refractivity contribution in [3.63, 3.8) is 0 Å². The topological polar surface area (TPSA) is 109 Å². The number of hydrogen-bond donors (Lipinski definition) is 1. The number of nitrogens with zero attached hydrogens (tertiary/aromatic N) is 2. The van der Waals surface area contributed by atoms with Crippen molar-refractivity contribution in [3.05, 3.63) is 58.0 Å². The molecule has 0 radical (unpaired) electrons. The molecular weight excluding hydrogens is 430 g/mol. The number of amides is 3. The molecule has 1 fully saturated rings. The van der Waals surface area contributed by atoms with Gasteiger partial charge in [0.15, 0.2) is 18.1 Å². The molecule has 0 spiro atoms. The minimum atomic E-state index is -0.542. The summed E-state index contributed by atoms with van der Waals surface area (Å²) < 4.78 is 10.5. The van der Waals surface area contributed by atoms with Gasteiger partial charge in [-0.2, -0.15) is 5.26 Å². The van der Waals surface area contributed by atoms with Gasteiger partial charge in [0.25, 0.3) is 11.1 Å². The molecule has 1 saturated heterocycles. The fourth-order valence-corrected chi connectivity index (χ4v) is 3.85. The summed E-state index contributed by atoms with van der Waals surface area (Å²) in [5.74, 6) is -0.216. The molecule has 1 aliphatic rings. The smallest absolute Gasteiger partial charge is 0.294 e. The summed E-state index contributed by atoms with van der Waals surface area (Å²) in [5.41, 5.74) is 3.20. The zero-order chi connectivity index (χ0) is 23.3. The van der Waals surface area contributed by atoms with Gasteiger partial charge in [-0.15, -0.1) is 0 Å². The lowest BCUT2D eigenvalue weighted by Crippen LogP contribution is -2.36. The molecule has 2 aromatic carbocycles. The molecule has 9 heteroatoms. The summed E-state index contributed by atoms with van der Waals surface area (Å²) in [5, 5.41) is 10.9. The zero-order valence-electron chi connectivity index (χ0n) is 17.8. The molecule has 0 bridgehead atoms. The first-order valence-electron chi connectivity index (χ1n) is 9.63. The number of thioether (sulfide) groups is 1. The predicted octanol–water partition coefficient (Wildman–Crippen LogP) is 3.89. The molecule has 0 aromatic heterocycles. The van der Waals surface area contributed by atoms with Crippen molar-refractivity contribution in [2.75, 3.05) is 25.6 Å². The number of aryl methyl sites for hydroxylation is 1. The van der Waals surface area contributed by atoms with E-state index >= 15 is 0 Å². The number of ether oxygens (including phenoxy) is 2. The molecule has 1 aliphatic heterocycles. The van der Waals surface area contributed by atoms with Gasteiger partial charge >= 0.3 is 0 Å². The molecule has 0 saturated carbocycles. The molecule has 3 amide bonds. The van der Waals surface area contributed by atoms with E-state index in [1.165, 1.54) is 7.11 Å². The molecule has 1 N–H and O–H groups in total. The van der Waals surface area contributed by atoms with E-state index in [1.807, 2.05) is 32.0 Å². The number of carbonyl (C=O) groups is 3. The standard InChI is InChI=1S/C23H21N3O5S/c1-14-5-4-6-17(15(14)2)25-21(27)13-26-22(28)20(32-23(26)29)12-16-7-8-18(31-10-9-24)19(11-16)30-3/h4-8,11-12H,10,13H2,1-3H3,(H,25,27)/b20-12-. The van der Waals surface area contributed by atoms with Crippen molar-refractivity contribution in [2.24, 2.45) is 0 Å². The Labute approximate surface area is 189 Å². The van der Waals surface area contributed by atoms with Crippen LogP contribution in [0.5, 0.6) is 11.5 Å². The maximum absolute atomic E-state index is 12.7. The fraction of sp³-hybridized carbons (Fsp3) is 0.217. The van der Waals surface area contributed by atoms with Crippen molar-refractivity contribution in [1.82, 2.24) is 4.90 Å². The van der Waals surface area contributed by atoms with Crippen LogP contribution in [0.25, 0.3) is 6.08 Å². The van der Waals surface area contributed by atoms with Crippen LogP contribution < -0.4 is 14.8 Å². The number of rotatable bonds is 7. The molecule has 0 aliphatic carbocycles.